The number of halogens is 1. The highest BCUT2D eigenvalue weighted by molar-refractivity contribution is 6.29. The summed E-state index contributed by atoms with van der Waals surface area (Å²) in [6.45, 7) is 7.25. The molecule has 1 aromatic rings. The number of rotatable bonds is 2. The summed E-state index contributed by atoms with van der Waals surface area (Å²) < 4.78 is 5.46. The van der Waals surface area contributed by atoms with Crippen LogP contribution in [0.1, 0.15) is 45.6 Å². The van der Waals surface area contributed by atoms with Crippen molar-refractivity contribution in [1.82, 2.24) is 9.88 Å². The van der Waals surface area contributed by atoms with Gasteiger partial charge in [-0.1, -0.05) is 11.6 Å². The Morgan fingerprint density at radius 2 is 2.18 bits per heavy atom. The highest BCUT2D eigenvalue weighted by atomic mass is 35.5. The van der Waals surface area contributed by atoms with E-state index in [0.717, 1.165) is 38.8 Å². The smallest absolute Gasteiger partial charge is 0.410 e. The first-order valence-corrected chi connectivity index (χ1v) is 8.29. The van der Waals surface area contributed by atoms with Gasteiger partial charge in [-0.25, -0.2) is 9.78 Å². The molecule has 0 bridgehead atoms. The van der Waals surface area contributed by atoms with Crippen LogP contribution >= 0.6 is 11.6 Å². The standard InChI is InChI=1S/C17H25ClN2O2/c1-17(2,3)22-16(21)20-9-4-5-13(7-10-20)11-14-6-8-19-15(18)12-14/h6,8,12-13H,4-5,7,9-11H2,1-3H3. The molecule has 1 unspecified atom stereocenters. The molecule has 1 aliphatic rings. The van der Waals surface area contributed by atoms with E-state index in [1.807, 2.05) is 37.8 Å². The van der Waals surface area contributed by atoms with Gasteiger partial charge in [0.2, 0.25) is 0 Å². The van der Waals surface area contributed by atoms with E-state index in [-0.39, 0.29) is 6.09 Å². The summed E-state index contributed by atoms with van der Waals surface area (Å²) in [6.07, 6.45) is 5.69. The molecule has 5 heteroatoms. The molecule has 122 valence electrons. The van der Waals surface area contributed by atoms with Crippen LogP contribution in [0.2, 0.25) is 5.15 Å². The van der Waals surface area contributed by atoms with E-state index < -0.39 is 5.60 Å². The summed E-state index contributed by atoms with van der Waals surface area (Å²) in [4.78, 5) is 18.0. The summed E-state index contributed by atoms with van der Waals surface area (Å²) in [5.41, 5.74) is 0.784. The van der Waals surface area contributed by atoms with Crippen LogP contribution in [0, 0.1) is 5.92 Å². The molecule has 1 atom stereocenters. The van der Waals surface area contributed by atoms with Gasteiger partial charge in [0.05, 0.1) is 0 Å². The third kappa shape index (κ3) is 5.48. The maximum Gasteiger partial charge on any atom is 0.410 e. The van der Waals surface area contributed by atoms with E-state index in [2.05, 4.69) is 4.98 Å². The SMILES string of the molecule is CC(C)(C)OC(=O)N1CCCC(Cc2ccnc(Cl)c2)CC1. The highest BCUT2D eigenvalue weighted by Gasteiger charge is 2.25. The molecule has 1 aliphatic heterocycles. The van der Waals surface area contributed by atoms with Gasteiger partial charge in [0.15, 0.2) is 0 Å². The maximum absolute atomic E-state index is 12.2. The monoisotopic (exact) mass is 324 g/mol. The van der Waals surface area contributed by atoms with Crippen LogP contribution in [0.25, 0.3) is 0 Å². The number of likely N-dealkylation sites (tertiary alicyclic amines) is 1. The van der Waals surface area contributed by atoms with Gasteiger partial charge in [-0.2, -0.15) is 0 Å². The van der Waals surface area contributed by atoms with Crippen molar-refractivity contribution >= 4 is 17.7 Å². The fourth-order valence-electron chi connectivity index (χ4n) is 2.78. The van der Waals surface area contributed by atoms with Gasteiger partial charge < -0.3 is 9.64 Å². The topological polar surface area (TPSA) is 42.4 Å². The van der Waals surface area contributed by atoms with Gasteiger partial charge in [0, 0.05) is 19.3 Å². The van der Waals surface area contributed by atoms with Crippen molar-refractivity contribution in [1.29, 1.82) is 0 Å². The lowest BCUT2D eigenvalue weighted by atomic mass is 9.93. The second-order valence-corrected chi connectivity index (χ2v) is 7.34. The van der Waals surface area contributed by atoms with Crippen molar-refractivity contribution in [3.05, 3.63) is 29.0 Å². The molecule has 1 fully saturated rings. The lowest BCUT2D eigenvalue weighted by Gasteiger charge is -2.26. The Morgan fingerprint density at radius 1 is 1.41 bits per heavy atom. The molecule has 0 aliphatic carbocycles. The third-order valence-electron chi connectivity index (χ3n) is 3.81. The molecule has 0 spiro atoms. The number of nitrogens with zero attached hydrogens (tertiary/aromatic N) is 2. The molecule has 2 rings (SSSR count). The average Bonchev–Trinajstić information content (AvgIpc) is 2.62. The van der Waals surface area contributed by atoms with Gasteiger partial charge in [-0.3, -0.25) is 0 Å². The number of aromatic nitrogens is 1. The van der Waals surface area contributed by atoms with E-state index in [1.165, 1.54) is 5.56 Å². The normalized spacial score (nSPS) is 19.6. The van der Waals surface area contributed by atoms with Crippen LogP contribution in [0.3, 0.4) is 0 Å². The number of hydrogen-bond donors (Lipinski definition) is 0. The summed E-state index contributed by atoms with van der Waals surface area (Å²) in [6, 6.07) is 3.94. The van der Waals surface area contributed by atoms with Gasteiger partial charge in [-0.05, 0) is 70.1 Å². The Hall–Kier alpha value is -1.29. The first-order valence-electron chi connectivity index (χ1n) is 7.92. The third-order valence-corrected chi connectivity index (χ3v) is 4.02. The zero-order chi connectivity index (χ0) is 16.2. The second kappa shape index (κ2) is 7.32. The number of amides is 1. The molecule has 0 radical (unpaired) electrons. The molecule has 2 heterocycles. The fourth-order valence-corrected chi connectivity index (χ4v) is 2.98. The first kappa shape index (κ1) is 17.1. The minimum absolute atomic E-state index is 0.194. The zero-order valence-corrected chi connectivity index (χ0v) is 14.4. The van der Waals surface area contributed by atoms with Crippen molar-refractivity contribution in [2.45, 2.75) is 52.1 Å². The molecule has 4 nitrogen and oxygen atoms in total. The van der Waals surface area contributed by atoms with Crippen molar-refractivity contribution < 1.29 is 9.53 Å². The molecule has 1 saturated heterocycles. The van der Waals surface area contributed by atoms with Crippen molar-refractivity contribution in [3.8, 4) is 0 Å². The van der Waals surface area contributed by atoms with Crippen molar-refractivity contribution in [2.24, 2.45) is 5.92 Å². The van der Waals surface area contributed by atoms with E-state index in [0.29, 0.717) is 11.1 Å². The molecular formula is C17H25ClN2O2. The predicted molar refractivity (Wildman–Crippen MR) is 88.1 cm³/mol. The average molecular weight is 325 g/mol. The Morgan fingerprint density at radius 3 is 2.86 bits per heavy atom. The Kier molecular flexibility index (Phi) is 5.68. The molecule has 1 aromatic heterocycles. The first-order chi connectivity index (χ1) is 10.3. The van der Waals surface area contributed by atoms with Crippen LogP contribution in [0.15, 0.2) is 18.3 Å². The number of ether oxygens (including phenoxy) is 1. The number of carbonyl (C=O) groups is 1. The Labute approximate surface area is 137 Å². The minimum atomic E-state index is -0.434. The molecule has 0 saturated carbocycles. The molecule has 1 amide bonds. The van der Waals surface area contributed by atoms with Crippen molar-refractivity contribution in [3.63, 3.8) is 0 Å². The summed E-state index contributed by atoms with van der Waals surface area (Å²) in [5.74, 6) is 0.575. The lowest BCUT2D eigenvalue weighted by Crippen LogP contribution is -2.37. The summed E-state index contributed by atoms with van der Waals surface area (Å²) >= 11 is 5.94. The van der Waals surface area contributed by atoms with E-state index >= 15 is 0 Å². The maximum atomic E-state index is 12.2. The molecule has 0 aromatic carbocycles. The largest absolute Gasteiger partial charge is 0.444 e. The van der Waals surface area contributed by atoms with Gasteiger partial charge >= 0.3 is 6.09 Å². The highest BCUT2D eigenvalue weighted by Crippen LogP contribution is 2.23. The van der Waals surface area contributed by atoms with Crippen LogP contribution in [-0.4, -0.2) is 34.7 Å². The Bertz CT molecular complexity index is 514. The molecule has 22 heavy (non-hydrogen) atoms. The van der Waals surface area contributed by atoms with Gasteiger partial charge in [0.1, 0.15) is 10.8 Å². The fraction of sp³-hybridized carbons (Fsp3) is 0.647. The number of carbonyl (C=O) groups excluding carboxylic acids is 1. The molecular weight excluding hydrogens is 300 g/mol. The van der Waals surface area contributed by atoms with Crippen LogP contribution in [0.5, 0.6) is 0 Å². The van der Waals surface area contributed by atoms with Crippen LogP contribution < -0.4 is 0 Å². The van der Waals surface area contributed by atoms with Crippen LogP contribution in [0.4, 0.5) is 4.79 Å². The van der Waals surface area contributed by atoms with Gasteiger partial charge in [0.25, 0.3) is 0 Å². The number of hydrogen-bond acceptors (Lipinski definition) is 3. The van der Waals surface area contributed by atoms with E-state index in [9.17, 15) is 4.79 Å². The van der Waals surface area contributed by atoms with E-state index in [4.69, 9.17) is 16.3 Å². The van der Waals surface area contributed by atoms with Gasteiger partial charge in [-0.15, -0.1) is 0 Å². The zero-order valence-electron chi connectivity index (χ0n) is 13.6. The second-order valence-electron chi connectivity index (χ2n) is 6.96. The lowest BCUT2D eigenvalue weighted by molar-refractivity contribution is 0.0255. The number of pyridine rings is 1. The minimum Gasteiger partial charge on any atom is -0.444 e. The quantitative estimate of drug-likeness (QED) is 0.761. The Balaban J connectivity index is 1.88. The van der Waals surface area contributed by atoms with Crippen LogP contribution in [-0.2, 0) is 11.2 Å². The molecule has 0 N–H and O–H groups in total. The summed E-state index contributed by atoms with van der Waals surface area (Å²) in [7, 11) is 0. The van der Waals surface area contributed by atoms with Crippen molar-refractivity contribution in [2.75, 3.05) is 13.1 Å². The predicted octanol–water partition coefficient (Wildman–Crippen LogP) is 4.31. The van der Waals surface area contributed by atoms with E-state index in [1.54, 1.807) is 6.20 Å². The summed E-state index contributed by atoms with van der Waals surface area (Å²) in [5, 5.41) is 0.543.